The quantitative estimate of drug-likeness (QED) is 0.589. The Balaban J connectivity index is 2.59. The number of rotatable bonds is 3. The summed E-state index contributed by atoms with van der Waals surface area (Å²) in [5.41, 5.74) is 1.10. The van der Waals surface area contributed by atoms with Crippen molar-refractivity contribution in [1.29, 1.82) is 0 Å². The molecule has 0 atom stereocenters. The third-order valence-electron chi connectivity index (χ3n) is 2.69. The topological polar surface area (TPSA) is 17.1 Å². The van der Waals surface area contributed by atoms with Crippen LogP contribution in [0.5, 0.6) is 0 Å². The van der Waals surface area contributed by atoms with Crippen LogP contribution in [0.25, 0.3) is 0 Å². The second-order valence-electron chi connectivity index (χ2n) is 3.55. The summed E-state index contributed by atoms with van der Waals surface area (Å²) in [6.45, 7) is 4.37. The lowest BCUT2D eigenvalue weighted by Gasteiger charge is -2.06. The minimum Gasteiger partial charge on any atom is -0.295 e. The van der Waals surface area contributed by atoms with Crippen LogP contribution in [0, 0.1) is 5.92 Å². The molecule has 1 aliphatic carbocycles. The van der Waals surface area contributed by atoms with E-state index in [2.05, 4.69) is 19.9 Å². The maximum absolute atomic E-state index is 11.3. The Morgan fingerprint density at radius 3 is 2.42 bits per heavy atom. The summed E-state index contributed by atoms with van der Waals surface area (Å²) in [7, 11) is 0. The number of Topliss-reactive ketones (excluding diaryl/α,β-unsaturated/α-hetero) is 1. The fourth-order valence-electron chi connectivity index (χ4n) is 1.72. The van der Waals surface area contributed by atoms with Crippen molar-refractivity contribution in [3.63, 3.8) is 0 Å². The van der Waals surface area contributed by atoms with Crippen LogP contribution < -0.4 is 0 Å². The van der Waals surface area contributed by atoms with Crippen LogP contribution in [0.1, 0.15) is 46.0 Å². The standard InChI is InChI=1S/C11H18O/c1-3-9(4-2)8-10-6-5-7-11(10)12/h8-9H,3-7H2,1-2H3/b10-8-. The van der Waals surface area contributed by atoms with E-state index in [4.69, 9.17) is 0 Å². The van der Waals surface area contributed by atoms with Crippen LogP contribution >= 0.6 is 0 Å². The van der Waals surface area contributed by atoms with Crippen molar-refractivity contribution in [2.75, 3.05) is 0 Å². The van der Waals surface area contributed by atoms with Gasteiger partial charge in [-0.25, -0.2) is 0 Å². The van der Waals surface area contributed by atoms with Gasteiger partial charge < -0.3 is 0 Å². The van der Waals surface area contributed by atoms with Crippen LogP contribution in [0.3, 0.4) is 0 Å². The van der Waals surface area contributed by atoms with Gasteiger partial charge in [0.1, 0.15) is 0 Å². The highest BCUT2D eigenvalue weighted by atomic mass is 16.1. The zero-order valence-corrected chi connectivity index (χ0v) is 8.10. The summed E-state index contributed by atoms with van der Waals surface area (Å²) in [5.74, 6) is 1.02. The van der Waals surface area contributed by atoms with Gasteiger partial charge in [-0.3, -0.25) is 4.79 Å². The van der Waals surface area contributed by atoms with Gasteiger partial charge in [-0.1, -0.05) is 19.9 Å². The van der Waals surface area contributed by atoms with E-state index < -0.39 is 0 Å². The first-order chi connectivity index (χ1) is 5.77. The molecule has 0 radical (unpaired) electrons. The fourth-order valence-corrected chi connectivity index (χ4v) is 1.72. The van der Waals surface area contributed by atoms with E-state index >= 15 is 0 Å². The van der Waals surface area contributed by atoms with Crippen molar-refractivity contribution in [2.24, 2.45) is 5.92 Å². The predicted octanol–water partition coefficient (Wildman–Crippen LogP) is 3.10. The van der Waals surface area contributed by atoms with Crippen molar-refractivity contribution in [2.45, 2.75) is 46.0 Å². The Morgan fingerprint density at radius 1 is 1.33 bits per heavy atom. The molecule has 1 aliphatic rings. The Labute approximate surface area is 74.9 Å². The molecule has 0 bridgehead atoms. The molecule has 0 heterocycles. The van der Waals surface area contributed by atoms with Gasteiger partial charge in [0.25, 0.3) is 0 Å². The molecule has 0 amide bonds. The summed E-state index contributed by atoms with van der Waals surface area (Å²) in [5, 5.41) is 0. The first-order valence-corrected chi connectivity index (χ1v) is 5.01. The van der Waals surface area contributed by atoms with Crippen molar-refractivity contribution in [3.8, 4) is 0 Å². The van der Waals surface area contributed by atoms with E-state index in [1.54, 1.807) is 0 Å². The monoisotopic (exact) mass is 166 g/mol. The molecule has 68 valence electrons. The average Bonchev–Trinajstić information content (AvgIpc) is 2.47. The highest BCUT2D eigenvalue weighted by Gasteiger charge is 2.17. The van der Waals surface area contributed by atoms with E-state index in [9.17, 15) is 4.79 Å². The number of allylic oxidation sites excluding steroid dienone is 2. The summed E-state index contributed by atoms with van der Waals surface area (Å²) in [6.07, 6.45) is 7.40. The molecule has 0 N–H and O–H groups in total. The zero-order chi connectivity index (χ0) is 8.97. The Morgan fingerprint density at radius 2 is 2.00 bits per heavy atom. The highest BCUT2D eigenvalue weighted by molar-refractivity contribution is 5.97. The number of hydrogen-bond donors (Lipinski definition) is 0. The third kappa shape index (κ3) is 2.20. The lowest BCUT2D eigenvalue weighted by atomic mass is 9.99. The second-order valence-corrected chi connectivity index (χ2v) is 3.55. The van der Waals surface area contributed by atoms with Crippen LogP contribution in [0.4, 0.5) is 0 Å². The maximum atomic E-state index is 11.3. The molecular weight excluding hydrogens is 148 g/mol. The summed E-state index contributed by atoms with van der Waals surface area (Å²) in [4.78, 5) is 11.3. The van der Waals surface area contributed by atoms with E-state index in [0.717, 1.165) is 37.7 Å². The third-order valence-corrected chi connectivity index (χ3v) is 2.69. The van der Waals surface area contributed by atoms with Crippen LogP contribution in [0.2, 0.25) is 0 Å². The SMILES string of the molecule is CCC(/C=C1/CCCC1=O)CC. The van der Waals surface area contributed by atoms with Gasteiger partial charge in [0.15, 0.2) is 5.78 Å². The molecule has 0 aromatic carbocycles. The van der Waals surface area contributed by atoms with Gasteiger partial charge >= 0.3 is 0 Å². The molecule has 0 aliphatic heterocycles. The van der Waals surface area contributed by atoms with Gasteiger partial charge in [0.05, 0.1) is 0 Å². The lowest BCUT2D eigenvalue weighted by molar-refractivity contribution is -0.114. The van der Waals surface area contributed by atoms with Crippen molar-refractivity contribution < 1.29 is 4.79 Å². The fraction of sp³-hybridized carbons (Fsp3) is 0.727. The smallest absolute Gasteiger partial charge is 0.158 e. The second kappa shape index (κ2) is 4.44. The molecule has 12 heavy (non-hydrogen) atoms. The van der Waals surface area contributed by atoms with Crippen LogP contribution in [0.15, 0.2) is 11.6 Å². The van der Waals surface area contributed by atoms with Crippen molar-refractivity contribution in [3.05, 3.63) is 11.6 Å². The number of ketones is 1. The summed E-state index contributed by atoms with van der Waals surface area (Å²) in [6, 6.07) is 0. The molecule has 0 unspecified atom stereocenters. The van der Waals surface area contributed by atoms with Crippen molar-refractivity contribution >= 4 is 5.78 Å². The summed E-state index contributed by atoms with van der Waals surface area (Å²) < 4.78 is 0. The minimum absolute atomic E-state index is 0.391. The van der Waals surface area contributed by atoms with E-state index in [-0.39, 0.29) is 0 Å². The molecule has 1 heteroatoms. The number of carbonyl (C=O) groups is 1. The molecule has 0 aromatic rings. The van der Waals surface area contributed by atoms with Gasteiger partial charge in [-0.15, -0.1) is 0 Å². The van der Waals surface area contributed by atoms with Crippen molar-refractivity contribution in [1.82, 2.24) is 0 Å². The van der Waals surface area contributed by atoms with Crippen LogP contribution in [-0.4, -0.2) is 5.78 Å². The Bertz CT molecular complexity index is 187. The maximum Gasteiger partial charge on any atom is 0.158 e. The lowest BCUT2D eigenvalue weighted by Crippen LogP contribution is -1.98. The summed E-state index contributed by atoms with van der Waals surface area (Å²) >= 11 is 0. The minimum atomic E-state index is 0.391. The molecule has 0 saturated heterocycles. The molecule has 0 aromatic heterocycles. The van der Waals surface area contributed by atoms with Gasteiger partial charge in [0, 0.05) is 6.42 Å². The van der Waals surface area contributed by atoms with E-state index in [1.165, 1.54) is 0 Å². The van der Waals surface area contributed by atoms with E-state index in [0.29, 0.717) is 11.7 Å². The zero-order valence-electron chi connectivity index (χ0n) is 8.10. The Hall–Kier alpha value is -0.590. The molecular formula is C11H18O. The number of carbonyl (C=O) groups excluding carboxylic acids is 1. The number of hydrogen-bond acceptors (Lipinski definition) is 1. The normalized spacial score (nSPS) is 21.2. The van der Waals surface area contributed by atoms with Gasteiger partial charge in [-0.05, 0) is 37.2 Å². The largest absolute Gasteiger partial charge is 0.295 e. The first kappa shape index (κ1) is 9.50. The first-order valence-electron chi connectivity index (χ1n) is 5.01. The van der Waals surface area contributed by atoms with E-state index in [1.807, 2.05) is 0 Å². The molecule has 1 nitrogen and oxygen atoms in total. The molecule has 0 spiro atoms. The average molecular weight is 166 g/mol. The highest BCUT2D eigenvalue weighted by Crippen LogP contribution is 2.23. The van der Waals surface area contributed by atoms with Gasteiger partial charge in [-0.2, -0.15) is 0 Å². The van der Waals surface area contributed by atoms with Gasteiger partial charge in [0.2, 0.25) is 0 Å². The molecule has 1 rings (SSSR count). The molecule has 1 saturated carbocycles. The Kier molecular flexibility index (Phi) is 3.51. The predicted molar refractivity (Wildman–Crippen MR) is 51.0 cm³/mol. The molecule has 1 fully saturated rings. The van der Waals surface area contributed by atoms with Crippen LogP contribution in [-0.2, 0) is 4.79 Å².